The summed E-state index contributed by atoms with van der Waals surface area (Å²) in [6.07, 6.45) is -4.01. The van der Waals surface area contributed by atoms with Crippen LogP contribution in [0.25, 0.3) is 0 Å². The second kappa shape index (κ2) is 8.38. The molecule has 11 heteroatoms. The van der Waals surface area contributed by atoms with Crippen molar-refractivity contribution in [1.82, 2.24) is 15.3 Å². The first kappa shape index (κ1) is 20.3. The van der Waals surface area contributed by atoms with E-state index in [1.54, 1.807) is 48.5 Å². The lowest BCUT2D eigenvalue weighted by atomic mass is 10.2. The van der Waals surface area contributed by atoms with Gasteiger partial charge in [-0.05, 0) is 24.3 Å². The highest BCUT2D eigenvalue weighted by molar-refractivity contribution is 5.94. The Labute approximate surface area is 174 Å². The molecule has 0 bridgehead atoms. The summed E-state index contributed by atoms with van der Waals surface area (Å²) < 4.78 is 50.5. The first-order valence-electron chi connectivity index (χ1n) is 9.08. The molecule has 4 rings (SSSR count). The molecule has 0 aliphatic carbocycles. The normalized spacial score (nSPS) is 12.4. The van der Waals surface area contributed by atoms with Crippen molar-refractivity contribution in [2.24, 2.45) is 0 Å². The third-order valence-electron chi connectivity index (χ3n) is 4.26. The first-order valence-corrected chi connectivity index (χ1v) is 9.08. The quantitative estimate of drug-likeness (QED) is 0.511. The van der Waals surface area contributed by atoms with Crippen LogP contribution in [0.2, 0.25) is 0 Å². The summed E-state index contributed by atoms with van der Waals surface area (Å²) in [5.74, 6) is 0.0894. The zero-order valence-electron chi connectivity index (χ0n) is 15.9. The predicted molar refractivity (Wildman–Crippen MR) is 105 cm³/mol. The van der Waals surface area contributed by atoms with Crippen LogP contribution in [-0.2, 0) is 6.18 Å². The number of benzene rings is 2. The van der Waals surface area contributed by atoms with E-state index in [0.29, 0.717) is 28.9 Å². The second-order valence-corrected chi connectivity index (χ2v) is 6.37. The Morgan fingerprint density at radius 2 is 1.84 bits per heavy atom. The largest absolute Gasteiger partial charge is 0.454 e. The van der Waals surface area contributed by atoms with Crippen LogP contribution in [0, 0.1) is 0 Å². The number of hydrogen-bond acceptors (Lipinski definition) is 7. The molecule has 0 spiro atoms. The molecular formula is C20H16F3N5O3. The number of carbonyl (C=O) groups excluding carboxylic acids is 1. The van der Waals surface area contributed by atoms with Crippen LogP contribution in [0.1, 0.15) is 15.9 Å². The SMILES string of the molecule is O=C(NCNc1nc(Nc2ccc3c(c2)OCO3)ncc1C(F)(F)F)c1ccccc1. The minimum absolute atomic E-state index is 0.0660. The van der Waals surface area contributed by atoms with Crippen molar-refractivity contribution in [3.63, 3.8) is 0 Å². The zero-order chi connectivity index (χ0) is 21.8. The van der Waals surface area contributed by atoms with E-state index in [9.17, 15) is 18.0 Å². The standard InChI is InChI=1S/C20H16F3N5O3/c21-20(22,23)14-9-24-19(27-13-6-7-15-16(8-13)31-11-30-15)28-17(14)25-10-26-18(29)12-4-2-1-3-5-12/h1-9H,10-11H2,(H,26,29)(H2,24,25,27,28). The fraction of sp³-hybridized carbons (Fsp3) is 0.150. The molecule has 0 saturated heterocycles. The number of nitrogens with one attached hydrogen (secondary N) is 3. The van der Waals surface area contributed by atoms with Crippen molar-refractivity contribution in [3.05, 3.63) is 65.9 Å². The molecule has 8 nitrogen and oxygen atoms in total. The van der Waals surface area contributed by atoms with E-state index in [1.165, 1.54) is 0 Å². The fourth-order valence-electron chi connectivity index (χ4n) is 2.79. The van der Waals surface area contributed by atoms with E-state index in [4.69, 9.17) is 9.47 Å². The van der Waals surface area contributed by atoms with Crippen LogP contribution >= 0.6 is 0 Å². The van der Waals surface area contributed by atoms with Gasteiger partial charge in [0.05, 0.1) is 6.67 Å². The Kier molecular flexibility index (Phi) is 5.48. The predicted octanol–water partition coefficient (Wildman–Crippen LogP) is 3.77. The molecule has 0 fully saturated rings. The number of hydrogen-bond donors (Lipinski definition) is 3. The average Bonchev–Trinajstić information content (AvgIpc) is 3.21. The Hall–Kier alpha value is -4.02. The van der Waals surface area contributed by atoms with Crippen LogP contribution in [0.15, 0.2) is 54.7 Å². The smallest absolute Gasteiger partial charge is 0.421 e. The Balaban J connectivity index is 1.49. The maximum atomic E-state index is 13.3. The summed E-state index contributed by atoms with van der Waals surface area (Å²) in [4.78, 5) is 19.7. The molecule has 1 aromatic heterocycles. The molecule has 0 atom stereocenters. The summed E-state index contributed by atoms with van der Waals surface area (Å²) >= 11 is 0. The van der Waals surface area contributed by atoms with Crippen molar-refractivity contribution >= 4 is 23.4 Å². The van der Waals surface area contributed by atoms with Crippen LogP contribution in [0.5, 0.6) is 11.5 Å². The van der Waals surface area contributed by atoms with Crippen molar-refractivity contribution in [2.45, 2.75) is 6.18 Å². The highest BCUT2D eigenvalue weighted by Crippen LogP contribution is 2.36. The minimum Gasteiger partial charge on any atom is -0.454 e. The summed E-state index contributed by atoms with van der Waals surface area (Å²) in [6, 6.07) is 13.2. The van der Waals surface area contributed by atoms with E-state index in [1.807, 2.05) is 0 Å². The van der Waals surface area contributed by atoms with Gasteiger partial charge in [0.15, 0.2) is 11.5 Å². The Morgan fingerprint density at radius 1 is 1.06 bits per heavy atom. The lowest BCUT2D eigenvalue weighted by Crippen LogP contribution is -2.30. The number of rotatable bonds is 6. The molecule has 160 valence electrons. The first-order chi connectivity index (χ1) is 14.9. The molecule has 2 heterocycles. The molecule has 0 radical (unpaired) electrons. The van der Waals surface area contributed by atoms with Crippen LogP contribution < -0.4 is 25.4 Å². The Bertz CT molecular complexity index is 1090. The van der Waals surface area contributed by atoms with Crippen LogP contribution in [0.3, 0.4) is 0 Å². The summed E-state index contributed by atoms with van der Waals surface area (Å²) in [5, 5.41) is 7.82. The van der Waals surface area contributed by atoms with Gasteiger partial charge in [-0.2, -0.15) is 18.2 Å². The summed E-state index contributed by atoms with van der Waals surface area (Å²) in [7, 11) is 0. The van der Waals surface area contributed by atoms with Gasteiger partial charge in [0.1, 0.15) is 11.4 Å². The highest BCUT2D eigenvalue weighted by atomic mass is 19.4. The number of amides is 1. The number of aromatic nitrogens is 2. The summed E-state index contributed by atoms with van der Waals surface area (Å²) in [6.45, 7) is -0.171. The maximum Gasteiger partial charge on any atom is 0.421 e. The third-order valence-corrected chi connectivity index (χ3v) is 4.26. The zero-order valence-corrected chi connectivity index (χ0v) is 15.9. The van der Waals surface area contributed by atoms with E-state index in [0.717, 1.165) is 0 Å². The molecule has 3 aromatic rings. The van der Waals surface area contributed by atoms with Gasteiger partial charge >= 0.3 is 6.18 Å². The van der Waals surface area contributed by atoms with E-state index in [-0.39, 0.29) is 19.4 Å². The number of anilines is 3. The lowest BCUT2D eigenvalue weighted by molar-refractivity contribution is -0.137. The molecule has 0 unspecified atom stereocenters. The molecule has 1 aliphatic heterocycles. The lowest BCUT2D eigenvalue weighted by Gasteiger charge is -2.15. The van der Waals surface area contributed by atoms with E-state index in [2.05, 4.69) is 25.9 Å². The molecule has 2 aromatic carbocycles. The number of fused-ring (bicyclic) bond motifs is 1. The van der Waals surface area contributed by atoms with Crippen molar-refractivity contribution in [1.29, 1.82) is 0 Å². The fourth-order valence-corrected chi connectivity index (χ4v) is 2.79. The molecule has 31 heavy (non-hydrogen) atoms. The second-order valence-electron chi connectivity index (χ2n) is 6.37. The van der Waals surface area contributed by atoms with Gasteiger partial charge in [0, 0.05) is 23.5 Å². The van der Waals surface area contributed by atoms with Crippen molar-refractivity contribution in [2.75, 3.05) is 24.1 Å². The summed E-state index contributed by atoms with van der Waals surface area (Å²) in [5.41, 5.74) is -0.168. The number of nitrogens with zero attached hydrogens (tertiary/aromatic N) is 2. The Morgan fingerprint density at radius 3 is 2.61 bits per heavy atom. The van der Waals surface area contributed by atoms with Gasteiger partial charge < -0.3 is 25.4 Å². The third kappa shape index (κ3) is 4.77. The molecular weight excluding hydrogens is 415 g/mol. The van der Waals surface area contributed by atoms with Crippen molar-refractivity contribution in [3.8, 4) is 11.5 Å². The van der Waals surface area contributed by atoms with Crippen molar-refractivity contribution < 1.29 is 27.4 Å². The number of ether oxygens (including phenoxy) is 2. The number of alkyl halides is 3. The molecule has 1 amide bonds. The molecule has 1 aliphatic rings. The minimum atomic E-state index is -4.68. The van der Waals surface area contributed by atoms with Gasteiger partial charge in [-0.3, -0.25) is 4.79 Å². The average molecular weight is 431 g/mol. The maximum absolute atomic E-state index is 13.3. The van der Waals surface area contributed by atoms with Crippen LogP contribution in [-0.4, -0.2) is 29.3 Å². The van der Waals surface area contributed by atoms with E-state index < -0.39 is 23.5 Å². The van der Waals surface area contributed by atoms with Gasteiger partial charge in [-0.1, -0.05) is 18.2 Å². The topological polar surface area (TPSA) is 97.4 Å². The van der Waals surface area contributed by atoms with E-state index >= 15 is 0 Å². The van der Waals surface area contributed by atoms with Crippen LogP contribution in [0.4, 0.5) is 30.6 Å². The molecule has 0 saturated carbocycles. The van der Waals surface area contributed by atoms with Gasteiger partial charge in [-0.15, -0.1) is 0 Å². The van der Waals surface area contributed by atoms with Gasteiger partial charge in [-0.25, -0.2) is 4.98 Å². The number of halogens is 3. The highest BCUT2D eigenvalue weighted by Gasteiger charge is 2.35. The molecule has 3 N–H and O–H groups in total. The van der Waals surface area contributed by atoms with Gasteiger partial charge in [0.2, 0.25) is 12.7 Å². The number of carbonyl (C=O) groups is 1. The van der Waals surface area contributed by atoms with Gasteiger partial charge in [0.25, 0.3) is 5.91 Å². The monoisotopic (exact) mass is 431 g/mol.